The molecule has 0 amide bonds. The number of H-pyrrole nitrogens is 1. The van der Waals surface area contributed by atoms with Crippen LogP contribution in [-0.2, 0) is 16.3 Å². The fraction of sp³-hybridized carbons (Fsp3) is 0.0800. The Bertz CT molecular complexity index is 1330. The summed E-state index contributed by atoms with van der Waals surface area (Å²) in [4.78, 5) is 3.84. The quantitative estimate of drug-likeness (QED) is 0.484. The minimum Gasteiger partial charge on any atom is -0.357 e. The zero-order valence-corrected chi connectivity index (χ0v) is 17.3. The Kier molecular flexibility index (Phi) is 5.26. The summed E-state index contributed by atoms with van der Waals surface area (Å²) in [5, 5.41) is 9.87. The Morgan fingerprint density at radius 2 is 1.47 bits per heavy atom. The van der Waals surface area contributed by atoms with Crippen LogP contribution in [0.4, 0.5) is 0 Å². The van der Waals surface area contributed by atoms with E-state index < -0.39 is 9.84 Å². The van der Waals surface area contributed by atoms with Gasteiger partial charge in [-0.2, -0.15) is 5.26 Å². The van der Waals surface area contributed by atoms with Crippen LogP contribution in [0.25, 0.3) is 11.3 Å². The van der Waals surface area contributed by atoms with E-state index in [1.165, 1.54) is 0 Å². The molecule has 4 aromatic rings. The second kappa shape index (κ2) is 8.02. The summed E-state index contributed by atoms with van der Waals surface area (Å²) in [6.45, 7) is 1.91. The second-order valence-electron chi connectivity index (χ2n) is 7.06. The Hall–Kier alpha value is -3.62. The molecule has 1 N–H and O–H groups in total. The number of benzene rings is 3. The molecule has 1 aromatic heterocycles. The molecule has 0 spiro atoms. The third-order valence-electron chi connectivity index (χ3n) is 5.17. The summed E-state index contributed by atoms with van der Waals surface area (Å²) in [6, 6.07) is 27.4. The van der Waals surface area contributed by atoms with Crippen LogP contribution in [-0.4, -0.2) is 13.4 Å². The monoisotopic (exact) mass is 412 g/mol. The lowest BCUT2D eigenvalue weighted by Gasteiger charge is -2.11. The second-order valence-corrected chi connectivity index (χ2v) is 8.98. The van der Waals surface area contributed by atoms with Gasteiger partial charge in [-0.15, -0.1) is 0 Å². The summed E-state index contributed by atoms with van der Waals surface area (Å²) < 4.78 is 26.5. The molecular weight excluding hydrogens is 392 g/mol. The first kappa shape index (κ1) is 19.7. The maximum absolute atomic E-state index is 13.2. The number of hydrogen-bond donors (Lipinski definition) is 1. The van der Waals surface area contributed by atoms with Crippen LogP contribution in [0.5, 0.6) is 0 Å². The van der Waals surface area contributed by atoms with Crippen molar-refractivity contribution in [3.8, 4) is 17.3 Å². The zero-order chi connectivity index (χ0) is 21.1. The van der Waals surface area contributed by atoms with Crippen LogP contribution in [0.1, 0.15) is 22.4 Å². The van der Waals surface area contributed by atoms with E-state index in [0.717, 1.165) is 22.5 Å². The van der Waals surface area contributed by atoms with Gasteiger partial charge in [0.1, 0.15) is 6.07 Å². The van der Waals surface area contributed by atoms with Gasteiger partial charge in [0.05, 0.1) is 21.0 Å². The highest BCUT2D eigenvalue weighted by Crippen LogP contribution is 2.31. The van der Waals surface area contributed by atoms with Gasteiger partial charge in [-0.3, -0.25) is 0 Å². The number of aromatic nitrogens is 1. The Morgan fingerprint density at radius 1 is 0.867 bits per heavy atom. The first-order chi connectivity index (χ1) is 14.5. The van der Waals surface area contributed by atoms with E-state index in [2.05, 4.69) is 11.1 Å². The number of rotatable bonds is 5. The van der Waals surface area contributed by atoms with Crippen LogP contribution in [0.2, 0.25) is 0 Å². The molecule has 0 saturated carbocycles. The molecule has 0 aliphatic carbocycles. The van der Waals surface area contributed by atoms with Crippen molar-refractivity contribution in [2.45, 2.75) is 23.1 Å². The third-order valence-corrected chi connectivity index (χ3v) is 7.04. The first-order valence-electron chi connectivity index (χ1n) is 9.57. The number of nitriles is 1. The van der Waals surface area contributed by atoms with Gasteiger partial charge >= 0.3 is 0 Å². The van der Waals surface area contributed by atoms with E-state index >= 15 is 0 Å². The van der Waals surface area contributed by atoms with E-state index in [1.807, 2.05) is 49.4 Å². The molecule has 0 aliphatic heterocycles. The van der Waals surface area contributed by atoms with Crippen molar-refractivity contribution in [1.82, 2.24) is 4.98 Å². The molecule has 0 radical (unpaired) electrons. The highest BCUT2D eigenvalue weighted by Gasteiger charge is 2.23. The molecule has 0 atom stereocenters. The van der Waals surface area contributed by atoms with Gasteiger partial charge in [0.2, 0.25) is 9.84 Å². The number of nitrogens with one attached hydrogen (secondary N) is 1. The Morgan fingerprint density at radius 3 is 2.13 bits per heavy atom. The fourth-order valence-corrected chi connectivity index (χ4v) is 5.17. The lowest BCUT2D eigenvalue weighted by molar-refractivity contribution is 0.595. The van der Waals surface area contributed by atoms with Gasteiger partial charge in [-0.1, -0.05) is 66.7 Å². The van der Waals surface area contributed by atoms with Crippen molar-refractivity contribution in [2.24, 2.45) is 0 Å². The van der Waals surface area contributed by atoms with Crippen LogP contribution in [0.3, 0.4) is 0 Å². The molecule has 0 fully saturated rings. The Labute approximate surface area is 176 Å². The minimum absolute atomic E-state index is 0.258. The van der Waals surface area contributed by atoms with Gasteiger partial charge in [-0.25, -0.2) is 8.42 Å². The molecule has 0 aliphatic rings. The van der Waals surface area contributed by atoms with Gasteiger partial charge in [0.25, 0.3) is 0 Å². The molecule has 0 saturated heterocycles. The molecule has 3 aromatic carbocycles. The van der Waals surface area contributed by atoms with Crippen molar-refractivity contribution >= 4 is 9.84 Å². The molecule has 0 unspecified atom stereocenters. The predicted octanol–water partition coefficient (Wildman–Crippen LogP) is 5.29. The molecule has 30 heavy (non-hydrogen) atoms. The van der Waals surface area contributed by atoms with Crippen molar-refractivity contribution in [2.75, 3.05) is 0 Å². The summed E-state index contributed by atoms with van der Waals surface area (Å²) in [5.41, 5.74) is 4.57. The minimum atomic E-state index is -3.66. The molecular formula is C25H20N2O2S. The number of aryl methyl sites for hydroxylation is 1. The zero-order valence-electron chi connectivity index (χ0n) is 16.5. The lowest BCUT2D eigenvalue weighted by Crippen LogP contribution is -2.06. The summed E-state index contributed by atoms with van der Waals surface area (Å²) in [7, 11) is -3.66. The number of aromatic amines is 1. The average molecular weight is 413 g/mol. The largest absolute Gasteiger partial charge is 0.357 e. The van der Waals surface area contributed by atoms with Gasteiger partial charge in [0.15, 0.2) is 0 Å². The van der Waals surface area contributed by atoms with E-state index in [0.29, 0.717) is 17.5 Å². The highest BCUT2D eigenvalue weighted by molar-refractivity contribution is 7.91. The Balaban J connectivity index is 1.81. The van der Waals surface area contributed by atoms with E-state index in [4.69, 9.17) is 0 Å². The molecule has 0 bridgehead atoms. The van der Waals surface area contributed by atoms with Crippen LogP contribution in [0.15, 0.2) is 94.7 Å². The standard InChI is InChI=1S/C25H20N2O2S/c1-18-22(23(17-26)25(27-18)19-10-4-2-5-11-19)16-20-12-8-9-15-24(20)30(28,29)21-13-6-3-7-14-21/h2-15,27H,16H2,1H3. The van der Waals surface area contributed by atoms with Crippen molar-refractivity contribution < 1.29 is 8.42 Å². The predicted molar refractivity (Wildman–Crippen MR) is 117 cm³/mol. The topological polar surface area (TPSA) is 73.7 Å². The number of hydrogen-bond acceptors (Lipinski definition) is 3. The van der Waals surface area contributed by atoms with Gasteiger partial charge < -0.3 is 4.98 Å². The summed E-state index contributed by atoms with van der Waals surface area (Å²) >= 11 is 0. The number of nitrogens with zero attached hydrogens (tertiary/aromatic N) is 1. The van der Waals surface area contributed by atoms with E-state index in [1.54, 1.807) is 42.5 Å². The van der Waals surface area contributed by atoms with Crippen LogP contribution < -0.4 is 0 Å². The van der Waals surface area contributed by atoms with Gasteiger partial charge in [-0.05, 0) is 41.8 Å². The molecule has 1 heterocycles. The van der Waals surface area contributed by atoms with E-state index in [9.17, 15) is 13.7 Å². The fourth-order valence-electron chi connectivity index (χ4n) is 3.66. The molecule has 4 nitrogen and oxygen atoms in total. The van der Waals surface area contributed by atoms with Crippen molar-refractivity contribution in [3.63, 3.8) is 0 Å². The van der Waals surface area contributed by atoms with Crippen molar-refractivity contribution in [3.05, 3.63) is 107 Å². The maximum Gasteiger partial charge on any atom is 0.206 e. The lowest BCUT2D eigenvalue weighted by atomic mass is 9.99. The SMILES string of the molecule is Cc1[nH]c(-c2ccccc2)c(C#N)c1Cc1ccccc1S(=O)(=O)c1ccccc1. The van der Waals surface area contributed by atoms with Gasteiger partial charge in [0, 0.05) is 12.1 Å². The molecule has 5 heteroatoms. The third kappa shape index (κ3) is 3.54. The smallest absolute Gasteiger partial charge is 0.206 e. The van der Waals surface area contributed by atoms with Crippen LogP contribution in [0, 0.1) is 18.3 Å². The summed E-state index contributed by atoms with van der Waals surface area (Å²) in [5.74, 6) is 0. The molecule has 4 rings (SSSR count). The first-order valence-corrected chi connectivity index (χ1v) is 11.1. The highest BCUT2D eigenvalue weighted by atomic mass is 32.2. The summed E-state index contributed by atoms with van der Waals surface area (Å²) in [6.07, 6.45) is 0.348. The average Bonchev–Trinajstić information content (AvgIpc) is 3.10. The normalized spacial score (nSPS) is 11.2. The number of sulfone groups is 1. The van der Waals surface area contributed by atoms with E-state index in [-0.39, 0.29) is 9.79 Å². The molecule has 148 valence electrons. The maximum atomic E-state index is 13.2. The van der Waals surface area contributed by atoms with Crippen molar-refractivity contribution in [1.29, 1.82) is 5.26 Å². The van der Waals surface area contributed by atoms with Crippen LogP contribution >= 0.6 is 0 Å².